The van der Waals surface area contributed by atoms with E-state index in [-0.39, 0.29) is 11.9 Å². The van der Waals surface area contributed by atoms with Gasteiger partial charge in [-0.05, 0) is 61.4 Å². The summed E-state index contributed by atoms with van der Waals surface area (Å²) in [5.74, 6) is 0.859. The van der Waals surface area contributed by atoms with Crippen molar-refractivity contribution in [2.75, 3.05) is 0 Å². The number of ether oxygens (including phenoxy) is 1. The second kappa shape index (κ2) is 9.07. The minimum absolute atomic E-state index is 0.0184. The van der Waals surface area contributed by atoms with Crippen LogP contribution in [-0.2, 0) is 6.61 Å². The van der Waals surface area contributed by atoms with Crippen molar-refractivity contribution < 1.29 is 9.53 Å². The molecule has 1 N–H and O–H groups in total. The number of amides is 1. The Labute approximate surface area is 171 Å². The Morgan fingerprint density at radius 3 is 2.46 bits per heavy atom. The summed E-state index contributed by atoms with van der Waals surface area (Å²) >= 11 is 1.46. The molecule has 28 heavy (non-hydrogen) atoms. The third kappa shape index (κ3) is 5.02. The summed E-state index contributed by atoms with van der Waals surface area (Å²) in [5, 5.41) is 5.15. The SMILES string of the molecule is CCC(NC(=O)c1cc(COc2cc(C)ccc2C)cs1)c1ccc(C)cc1. The summed E-state index contributed by atoms with van der Waals surface area (Å²) in [6.07, 6.45) is 0.850. The Bertz CT molecular complexity index is 943. The molecule has 2 aromatic carbocycles. The maximum atomic E-state index is 12.7. The maximum Gasteiger partial charge on any atom is 0.261 e. The second-order valence-electron chi connectivity index (χ2n) is 7.22. The number of hydrogen-bond acceptors (Lipinski definition) is 3. The highest BCUT2D eigenvalue weighted by atomic mass is 32.1. The van der Waals surface area contributed by atoms with Gasteiger partial charge in [-0.1, -0.05) is 48.9 Å². The van der Waals surface area contributed by atoms with Gasteiger partial charge in [0, 0.05) is 5.56 Å². The van der Waals surface area contributed by atoms with Crippen LogP contribution in [0.15, 0.2) is 53.9 Å². The molecule has 0 aliphatic rings. The van der Waals surface area contributed by atoms with E-state index in [4.69, 9.17) is 4.74 Å². The van der Waals surface area contributed by atoms with Gasteiger partial charge in [-0.25, -0.2) is 0 Å². The Kier molecular flexibility index (Phi) is 6.53. The summed E-state index contributed by atoms with van der Waals surface area (Å²) in [6, 6.07) is 16.5. The van der Waals surface area contributed by atoms with E-state index in [9.17, 15) is 4.79 Å². The minimum Gasteiger partial charge on any atom is -0.489 e. The Hall–Kier alpha value is -2.59. The molecule has 0 saturated heterocycles. The summed E-state index contributed by atoms with van der Waals surface area (Å²) in [5.41, 5.74) is 5.66. The molecule has 1 aromatic heterocycles. The van der Waals surface area contributed by atoms with Gasteiger partial charge in [0.25, 0.3) is 5.91 Å². The number of aryl methyl sites for hydroxylation is 3. The molecule has 1 atom stereocenters. The van der Waals surface area contributed by atoms with Crippen LogP contribution in [0.4, 0.5) is 0 Å². The number of thiophene rings is 1. The van der Waals surface area contributed by atoms with E-state index in [0.29, 0.717) is 11.5 Å². The van der Waals surface area contributed by atoms with Crippen molar-refractivity contribution in [3.8, 4) is 5.75 Å². The van der Waals surface area contributed by atoms with Crippen LogP contribution in [0.3, 0.4) is 0 Å². The molecular formula is C24H27NO2S. The normalized spacial score (nSPS) is 11.9. The molecule has 0 fully saturated rings. The topological polar surface area (TPSA) is 38.3 Å². The molecule has 4 heteroatoms. The number of hydrogen-bond donors (Lipinski definition) is 1. The van der Waals surface area contributed by atoms with Crippen LogP contribution in [0, 0.1) is 20.8 Å². The van der Waals surface area contributed by atoms with Gasteiger partial charge in [-0.15, -0.1) is 11.3 Å². The molecule has 0 spiro atoms. The third-order valence-corrected chi connectivity index (χ3v) is 5.79. The molecule has 0 saturated carbocycles. The zero-order valence-electron chi connectivity index (χ0n) is 16.9. The molecule has 146 valence electrons. The smallest absolute Gasteiger partial charge is 0.261 e. The fourth-order valence-corrected chi connectivity index (χ4v) is 3.84. The van der Waals surface area contributed by atoms with Gasteiger partial charge in [-0.2, -0.15) is 0 Å². The highest BCUT2D eigenvalue weighted by Gasteiger charge is 2.16. The highest BCUT2D eigenvalue weighted by molar-refractivity contribution is 7.12. The van der Waals surface area contributed by atoms with Crippen LogP contribution in [0.5, 0.6) is 5.75 Å². The van der Waals surface area contributed by atoms with Gasteiger partial charge < -0.3 is 10.1 Å². The van der Waals surface area contributed by atoms with Crippen LogP contribution < -0.4 is 10.1 Å². The molecule has 3 rings (SSSR count). The van der Waals surface area contributed by atoms with E-state index in [1.165, 1.54) is 22.5 Å². The van der Waals surface area contributed by atoms with Gasteiger partial charge in [0.15, 0.2) is 0 Å². The molecular weight excluding hydrogens is 366 g/mol. The lowest BCUT2D eigenvalue weighted by atomic mass is 10.0. The first-order chi connectivity index (χ1) is 13.5. The summed E-state index contributed by atoms with van der Waals surface area (Å²) in [7, 11) is 0. The van der Waals surface area contributed by atoms with Crippen molar-refractivity contribution in [1.82, 2.24) is 5.32 Å². The van der Waals surface area contributed by atoms with Gasteiger partial charge in [0.05, 0.1) is 10.9 Å². The molecule has 1 heterocycles. The van der Waals surface area contributed by atoms with Crippen LogP contribution in [0.25, 0.3) is 0 Å². The lowest BCUT2D eigenvalue weighted by Gasteiger charge is -2.17. The number of benzene rings is 2. The van der Waals surface area contributed by atoms with E-state index < -0.39 is 0 Å². The lowest BCUT2D eigenvalue weighted by Crippen LogP contribution is -2.27. The Morgan fingerprint density at radius 1 is 1.04 bits per heavy atom. The zero-order chi connectivity index (χ0) is 20.1. The highest BCUT2D eigenvalue weighted by Crippen LogP contribution is 2.23. The summed E-state index contributed by atoms with van der Waals surface area (Å²) < 4.78 is 5.95. The average molecular weight is 394 g/mol. The Morgan fingerprint density at radius 2 is 1.75 bits per heavy atom. The quantitative estimate of drug-likeness (QED) is 0.524. The first kappa shape index (κ1) is 20.2. The number of nitrogens with one attached hydrogen (secondary N) is 1. The van der Waals surface area contributed by atoms with Gasteiger partial charge >= 0.3 is 0 Å². The first-order valence-corrected chi connectivity index (χ1v) is 10.5. The van der Waals surface area contributed by atoms with E-state index in [2.05, 4.69) is 62.5 Å². The first-order valence-electron chi connectivity index (χ1n) is 9.61. The van der Waals surface area contributed by atoms with E-state index >= 15 is 0 Å². The minimum atomic E-state index is -0.0320. The van der Waals surface area contributed by atoms with Crippen LogP contribution in [0.1, 0.15) is 56.9 Å². The lowest BCUT2D eigenvalue weighted by molar-refractivity contribution is 0.0939. The van der Waals surface area contributed by atoms with Crippen molar-refractivity contribution in [2.24, 2.45) is 0 Å². The fourth-order valence-electron chi connectivity index (χ4n) is 3.04. The van der Waals surface area contributed by atoms with Crippen LogP contribution >= 0.6 is 11.3 Å². The molecule has 3 aromatic rings. The van der Waals surface area contributed by atoms with Crippen molar-refractivity contribution in [2.45, 2.75) is 46.8 Å². The largest absolute Gasteiger partial charge is 0.489 e. The van der Waals surface area contributed by atoms with Gasteiger partial charge in [0.1, 0.15) is 12.4 Å². The van der Waals surface area contributed by atoms with E-state index in [1.807, 2.05) is 24.4 Å². The van der Waals surface area contributed by atoms with E-state index in [1.54, 1.807) is 0 Å². The number of carbonyl (C=O) groups excluding carboxylic acids is 1. The predicted molar refractivity (Wildman–Crippen MR) is 116 cm³/mol. The Balaban J connectivity index is 1.63. The average Bonchev–Trinajstić information content (AvgIpc) is 3.16. The van der Waals surface area contributed by atoms with E-state index in [0.717, 1.165) is 28.9 Å². The maximum absolute atomic E-state index is 12.7. The second-order valence-corrected chi connectivity index (χ2v) is 8.13. The van der Waals surface area contributed by atoms with Crippen molar-refractivity contribution >= 4 is 17.2 Å². The standard InChI is InChI=1S/C24H27NO2S/c1-5-21(20-10-7-16(2)8-11-20)25-24(26)23-13-19(15-28-23)14-27-22-12-17(3)6-9-18(22)4/h6-13,15,21H,5,14H2,1-4H3,(H,25,26). The molecule has 0 radical (unpaired) electrons. The molecule has 1 amide bonds. The van der Waals surface area contributed by atoms with Crippen LogP contribution in [0.2, 0.25) is 0 Å². The number of rotatable bonds is 7. The zero-order valence-corrected chi connectivity index (χ0v) is 17.7. The molecule has 3 nitrogen and oxygen atoms in total. The van der Waals surface area contributed by atoms with Gasteiger partial charge in [-0.3, -0.25) is 4.79 Å². The predicted octanol–water partition coefficient (Wildman–Crippen LogP) is 6.13. The molecule has 0 aliphatic carbocycles. The molecule has 0 aliphatic heterocycles. The molecule has 0 bridgehead atoms. The molecule has 1 unspecified atom stereocenters. The number of carbonyl (C=O) groups is 1. The monoisotopic (exact) mass is 393 g/mol. The van der Waals surface area contributed by atoms with Crippen molar-refractivity contribution in [3.05, 3.63) is 86.6 Å². The fraction of sp³-hybridized carbons (Fsp3) is 0.292. The van der Waals surface area contributed by atoms with Gasteiger partial charge in [0.2, 0.25) is 0 Å². The summed E-state index contributed by atoms with van der Waals surface area (Å²) in [4.78, 5) is 13.4. The summed E-state index contributed by atoms with van der Waals surface area (Å²) in [6.45, 7) is 8.71. The third-order valence-electron chi connectivity index (χ3n) is 4.81. The van der Waals surface area contributed by atoms with Crippen molar-refractivity contribution in [3.63, 3.8) is 0 Å². The van der Waals surface area contributed by atoms with Crippen LogP contribution in [-0.4, -0.2) is 5.91 Å². The van der Waals surface area contributed by atoms with Crippen molar-refractivity contribution in [1.29, 1.82) is 0 Å².